The van der Waals surface area contributed by atoms with Gasteiger partial charge in [-0.05, 0) is 55.0 Å². The molecule has 0 fully saturated rings. The van der Waals surface area contributed by atoms with E-state index in [1.807, 2.05) is 36.4 Å². The Bertz CT molecular complexity index is 2160. The second-order valence-electron chi connectivity index (χ2n) is 9.91. The van der Waals surface area contributed by atoms with E-state index in [0.29, 0.717) is 49.0 Å². The summed E-state index contributed by atoms with van der Waals surface area (Å²) in [7, 11) is 1.55. The highest BCUT2D eigenvalue weighted by atomic mass is 35.5. The largest absolute Gasteiger partial charge is 0.497 e. The molecule has 0 radical (unpaired) electrons. The molecule has 6 rings (SSSR count). The minimum absolute atomic E-state index is 0.0513. The SMILES string of the molecule is CCOC(=O)C1=C(c2ccccc2)N=c2s/c(=C\c3ccc(-c4ccc(Cl)c(C(=O)O)c4)o3)c(=O)n2[C@H]1c1cccc(OC)c1. The van der Waals surface area contributed by atoms with E-state index in [-0.39, 0.29) is 28.3 Å². The van der Waals surface area contributed by atoms with Crippen molar-refractivity contribution in [2.24, 2.45) is 4.99 Å². The number of benzene rings is 3. The number of furan rings is 1. The van der Waals surface area contributed by atoms with E-state index in [9.17, 15) is 19.5 Å². The number of hydrogen-bond donors (Lipinski definition) is 1. The number of carbonyl (C=O) groups is 2. The van der Waals surface area contributed by atoms with Crippen molar-refractivity contribution in [3.8, 4) is 17.1 Å². The summed E-state index contributed by atoms with van der Waals surface area (Å²) >= 11 is 7.19. The maximum atomic E-state index is 14.1. The number of methoxy groups -OCH3 is 1. The molecule has 226 valence electrons. The summed E-state index contributed by atoms with van der Waals surface area (Å²) in [5.74, 6) is -0.405. The average molecular weight is 641 g/mol. The first kappa shape index (κ1) is 29.9. The Morgan fingerprint density at radius 1 is 1.04 bits per heavy atom. The van der Waals surface area contributed by atoms with Gasteiger partial charge in [0.2, 0.25) is 0 Å². The fourth-order valence-electron chi connectivity index (χ4n) is 5.12. The van der Waals surface area contributed by atoms with Crippen LogP contribution in [0.15, 0.2) is 105 Å². The highest BCUT2D eigenvalue weighted by Crippen LogP contribution is 2.36. The van der Waals surface area contributed by atoms with E-state index in [1.165, 1.54) is 16.7 Å². The zero-order valence-electron chi connectivity index (χ0n) is 24.0. The Labute approximate surface area is 265 Å². The normalized spacial score (nSPS) is 14.6. The Morgan fingerprint density at radius 2 is 1.84 bits per heavy atom. The highest BCUT2D eigenvalue weighted by molar-refractivity contribution is 7.07. The van der Waals surface area contributed by atoms with Crippen molar-refractivity contribution < 1.29 is 28.6 Å². The number of nitrogens with zero attached hydrogens (tertiary/aromatic N) is 2. The number of halogens is 1. The Balaban J connectivity index is 1.54. The van der Waals surface area contributed by atoms with E-state index in [2.05, 4.69) is 0 Å². The fraction of sp³-hybridized carbons (Fsp3) is 0.118. The van der Waals surface area contributed by atoms with Crippen LogP contribution in [0.1, 0.15) is 40.2 Å². The summed E-state index contributed by atoms with van der Waals surface area (Å²) in [4.78, 5) is 44.5. The molecule has 3 aromatic carbocycles. The van der Waals surface area contributed by atoms with Gasteiger partial charge in [0.15, 0.2) is 4.80 Å². The van der Waals surface area contributed by atoms with Crippen molar-refractivity contribution in [1.82, 2.24) is 4.57 Å². The first-order valence-corrected chi connectivity index (χ1v) is 15.0. The van der Waals surface area contributed by atoms with Crippen LogP contribution in [-0.4, -0.2) is 35.3 Å². The van der Waals surface area contributed by atoms with Gasteiger partial charge in [-0.2, -0.15) is 0 Å². The van der Waals surface area contributed by atoms with E-state index in [0.717, 1.165) is 11.3 Å². The molecule has 0 amide bonds. The summed E-state index contributed by atoms with van der Waals surface area (Å²) < 4.78 is 18.8. The van der Waals surface area contributed by atoms with E-state index in [1.54, 1.807) is 56.5 Å². The van der Waals surface area contributed by atoms with Crippen LogP contribution in [-0.2, 0) is 9.53 Å². The van der Waals surface area contributed by atoms with Gasteiger partial charge >= 0.3 is 11.9 Å². The van der Waals surface area contributed by atoms with E-state index in [4.69, 9.17) is 30.5 Å². The third-order valence-corrected chi connectivity index (χ3v) is 8.48. The topological polar surface area (TPSA) is 120 Å². The maximum absolute atomic E-state index is 14.1. The van der Waals surface area contributed by atoms with Gasteiger partial charge in [-0.25, -0.2) is 14.6 Å². The van der Waals surface area contributed by atoms with Crippen molar-refractivity contribution in [3.63, 3.8) is 0 Å². The predicted molar refractivity (Wildman–Crippen MR) is 170 cm³/mol. The second-order valence-corrected chi connectivity index (χ2v) is 11.3. The van der Waals surface area contributed by atoms with Crippen LogP contribution in [0.3, 0.4) is 0 Å². The lowest BCUT2D eigenvalue weighted by Gasteiger charge is -2.26. The molecule has 45 heavy (non-hydrogen) atoms. The third kappa shape index (κ3) is 5.73. The first-order chi connectivity index (χ1) is 21.8. The van der Waals surface area contributed by atoms with Gasteiger partial charge in [0.1, 0.15) is 17.3 Å². The van der Waals surface area contributed by atoms with Gasteiger partial charge in [-0.3, -0.25) is 9.36 Å². The Morgan fingerprint density at radius 3 is 2.58 bits per heavy atom. The maximum Gasteiger partial charge on any atom is 0.338 e. The number of carboxylic acid groups (broad SMARTS) is 1. The smallest absolute Gasteiger partial charge is 0.338 e. The van der Waals surface area contributed by atoms with Crippen LogP contribution < -0.4 is 19.6 Å². The molecular weight excluding hydrogens is 616 g/mol. The lowest BCUT2D eigenvalue weighted by atomic mass is 9.93. The third-order valence-electron chi connectivity index (χ3n) is 7.16. The lowest BCUT2D eigenvalue weighted by Crippen LogP contribution is -2.40. The molecule has 9 nitrogen and oxygen atoms in total. The van der Waals surface area contributed by atoms with Gasteiger partial charge in [0, 0.05) is 17.2 Å². The minimum atomic E-state index is -1.16. The number of aromatic carboxylic acids is 1. The summed E-state index contributed by atoms with van der Waals surface area (Å²) in [5.41, 5.74) is 2.07. The molecule has 1 N–H and O–H groups in total. The average Bonchev–Trinajstić information content (AvgIpc) is 3.64. The summed E-state index contributed by atoms with van der Waals surface area (Å²) in [5, 5.41) is 9.56. The molecule has 0 saturated heterocycles. The van der Waals surface area contributed by atoms with Gasteiger partial charge in [0.25, 0.3) is 5.56 Å². The summed E-state index contributed by atoms with van der Waals surface area (Å²) in [6, 6.07) is 23.6. The number of rotatable bonds is 8. The zero-order valence-corrected chi connectivity index (χ0v) is 25.6. The number of carboxylic acids is 1. The molecule has 0 saturated carbocycles. The first-order valence-electron chi connectivity index (χ1n) is 13.8. The number of esters is 1. The lowest BCUT2D eigenvalue weighted by molar-refractivity contribution is -0.138. The fourth-order valence-corrected chi connectivity index (χ4v) is 6.30. The van der Waals surface area contributed by atoms with Crippen LogP contribution in [0.4, 0.5) is 0 Å². The van der Waals surface area contributed by atoms with Crippen LogP contribution in [0, 0.1) is 0 Å². The molecule has 3 heterocycles. The molecule has 11 heteroatoms. The van der Waals surface area contributed by atoms with Crippen molar-refractivity contribution in [3.05, 3.63) is 138 Å². The quantitative estimate of drug-likeness (QED) is 0.221. The van der Waals surface area contributed by atoms with Crippen LogP contribution in [0.5, 0.6) is 5.75 Å². The second kappa shape index (κ2) is 12.4. The molecule has 0 unspecified atom stereocenters. The van der Waals surface area contributed by atoms with Crippen molar-refractivity contribution in [2.45, 2.75) is 13.0 Å². The number of hydrogen-bond acceptors (Lipinski definition) is 8. The van der Waals surface area contributed by atoms with Crippen LogP contribution in [0.2, 0.25) is 5.02 Å². The van der Waals surface area contributed by atoms with Gasteiger partial charge < -0.3 is 19.0 Å². The number of fused-ring (bicyclic) bond motifs is 1. The number of carbonyl (C=O) groups excluding carboxylic acids is 1. The van der Waals surface area contributed by atoms with Crippen molar-refractivity contribution >= 4 is 46.6 Å². The van der Waals surface area contributed by atoms with Crippen molar-refractivity contribution in [1.29, 1.82) is 0 Å². The van der Waals surface area contributed by atoms with Gasteiger partial charge in [-0.1, -0.05) is 65.4 Å². The molecule has 0 bridgehead atoms. The van der Waals surface area contributed by atoms with Crippen molar-refractivity contribution in [2.75, 3.05) is 13.7 Å². The molecule has 2 aromatic heterocycles. The monoisotopic (exact) mass is 640 g/mol. The van der Waals surface area contributed by atoms with Gasteiger partial charge in [-0.15, -0.1) is 0 Å². The molecule has 5 aromatic rings. The summed E-state index contributed by atoms with van der Waals surface area (Å²) in [6.07, 6.45) is 1.60. The molecule has 0 aliphatic carbocycles. The van der Waals surface area contributed by atoms with E-state index >= 15 is 0 Å². The van der Waals surface area contributed by atoms with Crippen LogP contribution in [0.25, 0.3) is 23.1 Å². The molecule has 1 atom stereocenters. The molecule has 1 aliphatic rings. The summed E-state index contributed by atoms with van der Waals surface area (Å²) in [6.45, 7) is 1.86. The van der Waals surface area contributed by atoms with E-state index < -0.39 is 18.0 Å². The minimum Gasteiger partial charge on any atom is -0.497 e. The Hall–Kier alpha value is -5.19. The van der Waals surface area contributed by atoms with Gasteiger partial charge in [0.05, 0.1) is 46.1 Å². The predicted octanol–water partition coefficient (Wildman–Crippen LogP) is 5.56. The number of thiazole rings is 1. The Kier molecular flexibility index (Phi) is 8.25. The zero-order chi connectivity index (χ0) is 31.7. The van der Waals surface area contributed by atoms with Crippen LogP contribution >= 0.6 is 22.9 Å². The number of aromatic nitrogens is 1. The molecule has 1 aliphatic heterocycles. The number of ether oxygens (including phenoxy) is 2. The molecular formula is C34H25ClN2O7S. The molecule has 0 spiro atoms. The standard InChI is InChI=1S/C34H25ClN2O7S/c1-3-43-33(41)28-29(19-8-5-4-6-9-19)36-34-37(30(28)21-10-7-11-22(16-21)42-2)31(38)27(45-34)18-23-13-15-26(44-23)20-12-14-25(35)24(17-20)32(39)40/h4-18,30H,3H2,1-2H3,(H,39,40)/b27-18-/t30-/m0/s1. The highest BCUT2D eigenvalue weighted by Gasteiger charge is 2.35.